The number of amides is 1. The highest BCUT2D eigenvalue weighted by Crippen LogP contribution is 2.40. The zero-order chi connectivity index (χ0) is 20.0. The molecule has 0 radical (unpaired) electrons. The summed E-state index contributed by atoms with van der Waals surface area (Å²) in [6.07, 6.45) is 3.89. The SMILES string of the molecule is COC(=O)c1cn(CC(=O)Nc2ccc3oc(C4CC4)nc3c2)c2ccccc12. The summed E-state index contributed by atoms with van der Waals surface area (Å²) in [4.78, 5) is 29.2. The van der Waals surface area contributed by atoms with E-state index in [1.807, 2.05) is 36.4 Å². The molecule has 1 aliphatic carbocycles. The zero-order valence-corrected chi connectivity index (χ0v) is 15.8. The average molecular weight is 389 g/mol. The number of carbonyl (C=O) groups is 2. The first kappa shape index (κ1) is 17.5. The molecule has 146 valence electrons. The van der Waals surface area contributed by atoms with Crippen molar-refractivity contribution in [2.24, 2.45) is 0 Å². The van der Waals surface area contributed by atoms with Crippen LogP contribution in [-0.4, -0.2) is 28.5 Å². The van der Waals surface area contributed by atoms with Gasteiger partial charge >= 0.3 is 5.97 Å². The average Bonchev–Trinajstić information content (AvgIpc) is 3.40. The Morgan fingerprint density at radius 2 is 2.07 bits per heavy atom. The van der Waals surface area contributed by atoms with Crippen LogP contribution in [0.2, 0.25) is 0 Å². The summed E-state index contributed by atoms with van der Waals surface area (Å²) in [7, 11) is 1.34. The van der Waals surface area contributed by atoms with Crippen LogP contribution in [0.25, 0.3) is 22.0 Å². The first-order chi connectivity index (χ1) is 14.1. The van der Waals surface area contributed by atoms with E-state index in [9.17, 15) is 9.59 Å². The molecular weight excluding hydrogens is 370 g/mol. The zero-order valence-electron chi connectivity index (χ0n) is 15.8. The van der Waals surface area contributed by atoms with E-state index in [1.54, 1.807) is 16.8 Å². The predicted octanol–water partition coefficient (Wildman–Crippen LogP) is 4.09. The topological polar surface area (TPSA) is 86.4 Å². The molecule has 0 saturated heterocycles. The van der Waals surface area contributed by atoms with E-state index >= 15 is 0 Å². The molecule has 1 N–H and O–H groups in total. The van der Waals surface area contributed by atoms with Gasteiger partial charge in [0.05, 0.1) is 12.7 Å². The molecule has 2 heterocycles. The summed E-state index contributed by atoms with van der Waals surface area (Å²) >= 11 is 0. The van der Waals surface area contributed by atoms with Gasteiger partial charge in [-0.25, -0.2) is 9.78 Å². The Kier molecular flexibility index (Phi) is 4.08. The van der Waals surface area contributed by atoms with E-state index in [4.69, 9.17) is 9.15 Å². The van der Waals surface area contributed by atoms with Crippen LogP contribution in [0.1, 0.15) is 35.0 Å². The number of aromatic nitrogens is 2. The highest BCUT2D eigenvalue weighted by Gasteiger charge is 2.28. The standard InChI is InChI=1S/C22H19N3O4/c1-28-22(27)16-11-25(18-5-3-2-4-15(16)18)12-20(26)23-14-8-9-19-17(10-14)24-21(29-19)13-6-7-13/h2-5,8-11,13H,6-7,12H2,1H3,(H,23,26). The molecule has 0 aliphatic heterocycles. The molecule has 7 nitrogen and oxygen atoms in total. The van der Waals surface area contributed by atoms with Crippen LogP contribution in [0.3, 0.4) is 0 Å². The largest absolute Gasteiger partial charge is 0.465 e. The van der Waals surface area contributed by atoms with Crippen LogP contribution in [0.5, 0.6) is 0 Å². The van der Waals surface area contributed by atoms with E-state index in [-0.39, 0.29) is 12.5 Å². The summed E-state index contributed by atoms with van der Waals surface area (Å²) in [5, 5.41) is 3.65. The van der Waals surface area contributed by atoms with Crippen molar-refractivity contribution >= 4 is 39.6 Å². The number of nitrogens with zero attached hydrogens (tertiary/aromatic N) is 2. The maximum Gasteiger partial charge on any atom is 0.340 e. The van der Waals surface area contributed by atoms with E-state index in [0.717, 1.165) is 40.7 Å². The van der Waals surface area contributed by atoms with Crippen LogP contribution >= 0.6 is 0 Å². The van der Waals surface area contributed by atoms with Gasteiger partial charge in [-0.15, -0.1) is 0 Å². The van der Waals surface area contributed by atoms with Crippen molar-refractivity contribution in [1.82, 2.24) is 9.55 Å². The summed E-state index contributed by atoms with van der Waals surface area (Å²) in [6, 6.07) is 12.9. The molecule has 0 unspecified atom stereocenters. The third-order valence-corrected chi connectivity index (χ3v) is 5.12. The van der Waals surface area contributed by atoms with Gasteiger partial charge in [0.15, 0.2) is 11.5 Å². The molecular formula is C22H19N3O4. The monoisotopic (exact) mass is 389 g/mol. The van der Waals surface area contributed by atoms with Gasteiger partial charge in [0.25, 0.3) is 0 Å². The molecule has 0 bridgehead atoms. The lowest BCUT2D eigenvalue weighted by molar-refractivity contribution is -0.116. The molecule has 0 atom stereocenters. The molecule has 29 heavy (non-hydrogen) atoms. The molecule has 1 aliphatic rings. The summed E-state index contributed by atoms with van der Waals surface area (Å²) < 4.78 is 12.4. The van der Waals surface area contributed by atoms with Gasteiger partial charge in [-0.05, 0) is 37.1 Å². The Balaban J connectivity index is 1.38. The minimum Gasteiger partial charge on any atom is -0.465 e. The predicted molar refractivity (Wildman–Crippen MR) is 108 cm³/mol. The normalized spacial score (nSPS) is 13.7. The fourth-order valence-electron chi connectivity index (χ4n) is 3.53. The van der Waals surface area contributed by atoms with Crippen molar-refractivity contribution in [3.63, 3.8) is 0 Å². The number of para-hydroxylation sites is 1. The van der Waals surface area contributed by atoms with Crippen molar-refractivity contribution in [2.75, 3.05) is 12.4 Å². The number of hydrogen-bond acceptors (Lipinski definition) is 5. The number of carbonyl (C=O) groups excluding carboxylic acids is 2. The van der Waals surface area contributed by atoms with E-state index in [0.29, 0.717) is 17.2 Å². The minimum absolute atomic E-state index is 0.0711. The third-order valence-electron chi connectivity index (χ3n) is 5.12. The smallest absolute Gasteiger partial charge is 0.340 e. The van der Waals surface area contributed by atoms with Crippen molar-refractivity contribution in [3.05, 3.63) is 60.1 Å². The Labute approximate surface area is 166 Å². The molecule has 1 amide bonds. The third kappa shape index (κ3) is 3.24. The van der Waals surface area contributed by atoms with Crippen molar-refractivity contribution in [1.29, 1.82) is 0 Å². The maximum atomic E-state index is 12.6. The van der Waals surface area contributed by atoms with Gasteiger partial charge in [-0.2, -0.15) is 0 Å². The van der Waals surface area contributed by atoms with E-state index in [2.05, 4.69) is 10.3 Å². The van der Waals surface area contributed by atoms with Gasteiger partial charge in [-0.1, -0.05) is 18.2 Å². The molecule has 4 aromatic rings. The molecule has 5 rings (SSSR count). The second-order valence-corrected chi connectivity index (χ2v) is 7.24. The lowest BCUT2D eigenvalue weighted by Gasteiger charge is -2.07. The number of methoxy groups -OCH3 is 1. The van der Waals surface area contributed by atoms with E-state index in [1.165, 1.54) is 7.11 Å². The van der Waals surface area contributed by atoms with Crippen LogP contribution in [0, 0.1) is 0 Å². The number of anilines is 1. The Hall–Kier alpha value is -3.61. The second kappa shape index (κ2) is 6.77. The van der Waals surface area contributed by atoms with Crippen LogP contribution < -0.4 is 5.32 Å². The number of esters is 1. The number of benzene rings is 2. The fourth-order valence-corrected chi connectivity index (χ4v) is 3.53. The number of nitrogens with one attached hydrogen (secondary N) is 1. The summed E-state index contributed by atoms with van der Waals surface area (Å²) in [5.41, 5.74) is 3.35. The summed E-state index contributed by atoms with van der Waals surface area (Å²) in [6.45, 7) is 0.0711. The van der Waals surface area contributed by atoms with Crippen LogP contribution in [-0.2, 0) is 16.1 Å². The molecule has 1 saturated carbocycles. The highest BCUT2D eigenvalue weighted by molar-refractivity contribution is 6.05. The van der Waals surface area contributed by atoms with Gasteiger partial charge in [0.2, 0.25) is 5.91 Å². The number of oxazole rings is 1. The lowest BCUT2D eigenvalue weighted by Crippen LogP contribution is -2.18. The molecule has 1 fully saturated rings. The number of rotatable bonds is 5. The molecule has 0 spiro atoms. The fraction of sp³-hybridized carbons (Fsp3) is 0.227. The number of hydrogen-bond donors (Lipinski definition) is 1. The Bertz CT molecular complexity index is 1250. The first-order valence-corrected chi connectivity index (χ1v) is 9.49. The Morgan fingerprint density at radius 3 is 2.86 bits per heavy atom. The van der Waals surface area contributed by atoms with Crippen molar-refractivity contribution in [2.45, 2.75) is 25.3 Å². The number of ether oxygens (including phenoxy) is 1. The van der Waals surface area contributed by atoms with Gasteiger partial charge in [-0.3, -0.25) is 4.79 Å². The minimum atomic E-state index is -0.427. The van der Waals surface area contributed by atoms with Crippen molar-refractivity contribution < 1.29 is 18.7 Å². The van der Waals surface area contributed by atoms with Gasteiger partial charge in [0.1, 0.15) is 12.1 Å². The first-order valence-electron chi connectivity index (χ1n) is 9.49. The van der Waals surface area contributed by atoms with E-state index < -0.39 is 5.97 Å². The van der Waals surface area contributed by atoms with Crippen molar-refractivity contribution in [3.8, 4) is 0 Å². The van der Waals surface area contributed by atoms with Gasteiger partial charge in [0, 0.05) is 28.7 Å². The second-order valence-electron chi connectivity index (χ2n) is 7.24. The molecule has 2 aromatic heterocycles. The molecule has 2 aromatic carbocycles. The highest BCUT2D eigenvalue weighted by atomic mass is 16.5. The maximum absolute atomic E-state index is 12.6. The Morgan fingerprint density at radius 1 is 1.24 bits per heavy atom. The van der Waals surface area contributed by atoms with Gasteiger partial charge < -0.3 is 19.0 Å². The van der Waals surface area contributed by atoms with Crippen LogP contribution in [0.4, 0.5) is 5.69 Å². The lowest BCUT2D eigenvalue weighted by atomic mass is 10.2. The quantitative estimate of drug-likeness (QED) is 0.520. The van der Waals surface area contributed by atoms with Crippen LogP contribution in [0.15, 0.2) is 53.1 Å². The molecule has 7 heteroatoms. The number of fused-ring (bicyclic) bond motifs is 2. The summed E-state index contributed by atoms with van der Waals surface area (Å²) in [5.74, 6) is 0.583.